The Morgan fingerprint density at radius 3 is 2.12 bits per heavy atom. The van der Waals surface area contributed by atoms with Gasteiger partial charge in [-0.15, -0.1) is 0 Å². The summed E-state index contributed by atoms with van der Waals surface area (Å²) in [5.41, 5.74) is 6.13. The van der Waals surface area contributed by atoms with E-state index in [9.17, 15) is 5.11 Å². The molecule has 3 N–H and O–H groups in total. The molecule has 0 amide bonds. The number of aromatic hydroxyl groups is 1. The molecule has 2 aromatic rings. The molecular formula is C12H9Cl2NO2. The van der Waals surface area contributed by atoms with Crippen molar-refractivity contribution in [3.63, 3.8) is 0 Å². The highest BCUT2D eigenvalue weighted by Gasteiger charge is 2.07. The first-order valence-corrected chi connectivity index (χ1v) is 5.53. The number of nitrogens with two attached hydrogens (primary N) is 1. The summed E-state index contributed by atoms with van der Waals surface area (Å²) in [6.07, 6.45) is 0. The molecule has 0 aliphatic rings. The fourth-order valence-corrected chi connectivity index (χ4v) is 1.65. The minimum Gasteiger partial charge on any atom is -0.504 e. The van der Waals surface area contributed by atoms with E-state index < -0.39 is 0 Å². The van der Waals surface area contributed by atoms with Gasteiger partial charge in [0.05, 0.1) is 5.69 Å². The summed E-state index contributed by atoms with van der Waals surface area (Å²) in [6, 6.07) is 9.42. The van der Waals surface area contributed by atoms with Gasteiger partial charge in [-0.2, -0.15) is 0 Å². The second-order valence-electron chi connectivity index (χ2n) is 3.40. The molecule has 0 radical (unpaired) electrons. The van der Waals surface area contributed by atoms with Gasteiger partial charge in [-0.05, 0) is 30.3 Å². The van der Waals surface area contributed by atoms with Crippen LogP contribution in [0.25, 0.3) is 0 Å². The zero-order valence-corrected chi connectivity index (χ0v) is 10.2. The fraction of sp³-hybridized carbons (Fsp3) is 0. The highest BCUT2D eigenvalue weighted by molar-refractivity contribution is 6.31. The summed E-state index contributed by atoms with van der Waals surface area (Å²) < 4.78 is 5.46. The summed E-state index contributed by atoms with van der Waals surface area (Å²) >= 11 is 11.5. The lowest BCUT2D eigenvalue weighted by Gasteiger charge is -2.10. The normalized spacial score (nSPS) is 10.2. The zero-order valence-electron chi connectivity index (χ0n) is 8.65. The van der Waals surface area contributed by atoms with Crippen molar-refractivity contribution in [2.24, 2.45) is 0 Å². The summed E-state index contributed by atoms with van der Waals surface area (Å²) in [5.74, 6) is 0.655. The van der Waals surface area contributed by atoms with Gasteiger partial charge in [0, 0.05) is 16.1 Å². The minimum absolute atomic E-state index is 0.0492. The number of hydrogen-bond acceptors (Lipinski definition) is 3. The second kappa shape index (κ2) is 4.73. The number of phenols is 1. The number of rotatable bonds is 2. The number of ether oxygens (including phenoxy) is 1. The van der Waals surface area contributed by atoms with Crippen molar-refractivity contribution >= 4 is 28.9 Å². The molecule has 0 saturated carbocycles. The Hall–Kier alpha value is -1.58. The molecule has 0 aromatic heterocycles. The van der Waals surface area contributed by atoms with Crippen LogP contribution in [0.3, 0.4) is 0 Å². The quantitative estimate of drug-likeness (QED) is 0.808. The number of nitrogen functional groups attached to an aromatic ring is 1. The van der Waals surface area contributed by atoms with Crippen LogP contribution in [0.4, 0.5) is 5.69 Å². The lowest BCUT2D eigenvalue weighted by molar-refractivity contribution is 0.412. The van der Waals surface area contributed by atoms with Gasteiger partial charge in [0.1, 0.15) is 0 Å². The average Bonchev–Trinajstić information content (AvgIpc) is 2.25. The van der Waals surface area contributed by atoms with Gasteiger partial charge in [0.2, 0.25) is 0 Å². The van der Waals surface area contributed by atoms with E-state index in [4.69, 9.17) is 33.7 Å². The van der Waals surface area contributed by atoms with Crippen LogP contribution >= 0.6 is 23.2 Å². The van der Waals surface area contributed by atoms with Crippen LogP contribution in [-0.4, -0.2) is 5.11 Å². The number of hydrogen-bond donors (Lipinski definition) is 2. The van der Waals surface area contributed by atoms with E-state index in [1.165, 1.54) is 6.07 Å². The SMILES string of the molecule is Nc1cc(Cl)ccc1Oc1ccc(Cl)cc1O. The molecular weight excluding hydrogens is 261 g/mol. The van der Waals surface area contributed by atoms with Crippen LogP contribution in [0, 0.1) is 0 Å². The smallest absolute Gasteiger partial charge is 0.169 e. The lowest BCUT2D eigenvalue weighted by atomic mass is 10.3. The van der Waals surface area contributed by atoms with Crippen LogP contribution in [0.5, 0.6) is 17.2 Å². The van der Waals surface area contributed by atoms with Gasteiger partial charge < -0.3 is 15.6 Å². The van der Waals surface area contributed by atoms with Crippen molar-refractivity contribution in [2.75, 3.05) is 5.73 Å². The van der Waals surface area contributed by atoms with Gasteiger partial charge in [0.15, 0.2) is 17.2 Å². The van der Waals surface area contributed by atoms with Crippen LogP contribution in [0.2, 0.25) is 10.0 Å². The number of halogens is 2. The van der Waals surface area contributed by atoms with E-state index in [1.54, 1.807) is 30.3 Å². The monoisotopic (exact) mass is 269 g/mol. The Morgan fingerprint density at radius 2 is 1.53 bits per heavy atom. The maximum atomic E-state index is 9.62. The van der Waals surface area contributed by atoms with E-state index in [0.29, 0.717) is 21.5 Å². The Balaban J connectivity index is 2.31. The summed E-state index contributed by atoms with van der Waals surface area (Å²) in [6.45, 7) is 0. The molecule has 17 heavy (non-hydrogen) atoms. The predicted molar refractivity (Wildman–Crippen MR) is 69.1 cm³/mol. The highest BCUT2D eigenvalue weighted by atomic mass is 35.5. The van der Waals surface area contributed by atoms with Crippen molar-refractivity contribution in [1.29, 1.82) is 0 Å². The first-order valence-electron chi connectivity index (χ1n) is 4.77. The maximum Gasteiger partial charge on any atom is 0.169 e. The third kappa shape index (κ3) is 2.75. The number of phenolic OH excluding ortho intramolecular Hbond substituents is 1. The van der Waals surface area contributed by atoms with Crippen LogP contribution in [-0.2, 0) is 0 Å². The molecule has 0 saturated heterocycles. The van der Waals surface area contributed by atoms with E-state index in [-0.39, 0.29) is 11.5 Å². The highest BCUT2D eigenvalue weighted by Crippen LogP contribution is 2.35. The van der Waals surface area contributed by atoms with Crippen molar-refractivity contribution in [2.45, 2.75) is 0 Å². The number of benzene rings is 2. The largest absolute Gasteiger partial charge is 0.504 e. The Morgan fingerprint density at radius 1 is 0.941 bits per heavy atom. The minimum atomic E-state index is -0.0492. The summed E-state index contributed by atoms with van der Waals surface area (Å²) in [7, 11) is 0. The summed E-state index contributed by atoms with van der Waals surface area (Å²) in [5, 5.41) is 10.6. The van der Waals surface area contributed by atoms with Gasteiger partial charge in [-0.1, -0.05) is 23.2 Å². The molecule has 2 aromatic carbocycles. The van der Waals surface area contributed by atoms with E-state index >= 15 is 0 Å². The van der Waals surface area contributed by atoms with Crippen LogP contribution < -0.4 is 10.5 Å². The molecule has 0 atom stereocenters. The molecule has 0 bridgehead atoms. The zero-order chi connectivity index (χ0) is 12.4. The van der Waals surface area contributed by atoms with Gasteiger partial charge in [-0.3, -0.25) is 0 Å². The van der Waals surface area contributed by atoms with E-state index in [2.05, 4.69) is 0 Å². The Labute approximate surface area is 108 Å². The van der Waals surface area contributed by atoms with Gasteiger partial charge in [0.25, 0.3) is 0 Å². The molecule has 2 rings (SSSR count). The fourth-order valence-electron chi connectivity index (χ4n) is 1.31. The molecule has 0 unspecified atom stereocenters. The van der Waals surface area contributed by atoms with Gasteiger partial charge >= 0.3 is 0 Å². The molecule has 0 heterocycles. The molecule has 88 valence electrons. The molecule has 5 heteroatoms. The third-order valence-corrected chi connectivity index (χ3v) is 2.58. The molecule has 0 spiro atoms. The van der Waals surface area contributed by atoms with E-state index in [0.717, 1.165) is 0 Å². The third-order valence-electron chi connectivity index (χ3n) is 2.11. The average molecular weight is 270 g/mol. The predicted octanol–water partition coefficient (Wildman–Crippen LogP) is 4.07. The Bertz CT molecular complexity index is 509. The molecule has 0 fully saturated rings. The molecule has 0 aliphatic carbocycles. The molecule has 0 aliphatic heterocycles. The first-order chi connectivity index (χ1) is 8.06. The summed E-state index contributed by atoms with van der Waals surface area (Å²) in [4.78, 5) is 0. The topological polar surface area (TPSA) is 55.5 Å². The van der Waals surface area contributed by atoms with Crippen LogP contribution in [0.1, 0.15) is 0 Å². The van der Waals surface area contributed by atoms with Crippen LogP contribution in [0.15, 0.2) is 36.4 Å². The van der Waals surface area contributed by atoms with Crippen molar-refractivity contribution in [3.05, 3.63) is 46.4 Å². The van der Waals surface area contributed by atoms with Crippen molar-refractivity contribution < 1.29 is 9.84 Å². The first kappa shape index (κ1) is 11.9. The maximum absolute atomic E-state index is 9.62. The number of anilines is 1. The van der Waals surface area contributed by atoms with Crippen molar-refractivity contribution in [3.8, 4) is 17.2 Å². The second-order valence-corrected chi connectivity index (χ2v) is 4.27. The van der Waals surface area contributed by atoms with Gasteiger partial charge in [-0.25, -0.2) is 0 Å². The Kier molecular flexibility index (Phi) is 3.31. The standard InChI is InChI=1S/C12H9Cl2NO2/c13-7-1-3-11(9(15)5-7)17-12-4-2-8(14)6-10(12)16/h1-6,16H,15H2. The van der Waals surface area contributed by atoms with E-state index in [1.807, 2.05) is 0 Å². The van der Waals surface area contributed by atoms with Crippen molar-refractivity contribution in [1.82, 2.24) is 0 Å². The lowest BCUT2D eigenvalue weighted by Crippen LogP contribution is -1.92. The molecule has 3 nitrogen and oxygen atoms in total.